The molecular formula is C22H22ClNO3S. The number of nitrogens with one attached hydrogen (secondary N) is 1. The standard InChI is InChI=1S/C22H22ClNO3S/c1-17(24-28(25,26)21-10-6-3-7-11-21)22(27-20-8-4-2-5-9-20)16-18-12-14-19(23)15-13-18/h2-15,17,22,24H,16H2,1H3. The van der Waals surface area contributed by atoms with E-state index in [9.17, 15) is 8.42 Å². The van der Waals surface area contributed by atoms with Crippen molar-refractivity contribution in [3.63, 3.8) is 0 Å². The lowest BCUT2D eigenvalue weighted by molar-refractivity contribution is 0.170. The molecule has 3 aromatic rings. The minimum Gasteiger partial charge on any atom is -0.488 e. The van der Waals surface area contributed by atoms with Gasteiger partial charge < -0.3 is 4.74 Å². The van der Waals surface area contributed by atoms with Gasteiger partial charge in [0.1, 0.15) is 11.9 Å². The summed E-state index contributed by atoms with van der Waals surface area (Å²) in [6.07, 6.45) is 0.131. The van der Waals surface area contributed by atoms with Crippen LogP contribution in [0.2, 0.25) is 5.02 Å². The molecule has 3 aromatic carbocycles. The van der Waals surface area contributed by atoms with Crippen molar-refractivity contribution in [2.24, 2.45) is 0 Å². The van der Waals surface area contributed by atoms with Gasteiger partial charge in [0, 0.05) is 11.4 Å². The van der Waals surface area contributed by atoms with E-state index < -0.39 is 22.2 Å². The Morgan fingerprint density at radius 1 is 0.893 bits per heavy atom. The van der Waals surface area contributed by atoms with E-state index in [4.69, 9.17) is 16.3 Å². The van der Waals surface area contributed by atoms with Crippen LogP contribution in [0.4, 0.5) is 0 Å². The van der Waals surface area contributed by atoms with Gasteiger partial charge in [-0.3, -0.25) is 0 Å². The molecule has 28 heavy (non-hydrogen) atoms. The molecule has 0 heterocycles. The first-order valence-electron chi connectivity index (χ1n) is 8.97. The van der Waals surface area contributed by atoms with E-state index in [-0.39, 0.29) is 4.90 Å². The molecule has 0 aliphatic carbocycles. The summed E-state index contributed by atoms with van der Waals surface area (Å²) in [6.45, 7) is 1.81. The lowest BCUT2D eigenvalue weighted by atomic mass is 10.0. The summed E-state index contributed by atoms with van der Waals surface area (Å²) in [5.74, 6) is 0.687. The molecule has 146 valence electrons. The zero-order valence-electron chi connectivity index (χ0n) is 15.5. The third-order valence-electron chi connectivity index (χ3n) is 4.33. The summed E-state index contributed by atoms with van der Waals surface area (Å²) >= 11 is 5.97. The fraction of sp³-hybridized carbons (Fsp3) is 0.182. The van der Waals surface area contributed by atoms with E-state index in [0.29, 0.717) is 17.2 Å². The molecule has 1 N–H and O–H groups in total. The third kappa shape index (κ3) is 5.58. The molecule has 2 atom stereocenters. The average molecular weight is 416 g/mol. The maximum atomic E-state index is 12.7. The van der Waals surface area contributed by atoms with E-state index in [2.05, 4.69) is 4.72 Å². The zero-order valence-corrected chi connectivity index (χ0v) is 17.0. The van der Waals surface area contributed by atoms with Gasteiger partial charge in [-0.2, -0.15) is 0 Å². The predicted molar refractivity (Wildman–Crippen MR) is 112 cm³/mol. The number of hydrogen-bond acceptors (Lipinski definition) is 3. The Bertz CT molecular complexity index is 977. The van der Waals surface area contributed by atoms with Crippen molar-refractivity contribution in [1.29, 1.82) is 0 Å². The summed E-state index contributed by atoms with van der Waals surface area (Å²) in [5.41, 5.74) is 1.01. The van der Waals surface area contributed by atoms with Crippen LogP contribution < -0.4 is 9.46 Å². The second-order valence-electron chi connectivity index (χ2n) is 6.52. The van der Waals surface area contributed by atoms with Crippen molar-refractivity contribution in [3.05, 3.63) is 95.5 Å². The number of benzene rings is 3. The number of halogens is 1. The van der Waals surface area contributed by atoms with E-state index in [1.165, 1.54) is 0 Å². The minimum absolute atomic E-state index is 0.229. The SMILES string of the molecule is CC(NS(=O)(=O)c1ccccc1)C(Cc1ccc(Cl)cc1)Oc1ccccc1. The van der Waals surface area contributed by atoms with E-state index in [1.54, 1.807) is 30.3 Å². The van der Waals surface area contributed by atoms with Gasteiger partial charge in [0.05, 0.1) is 10.9 Å². The maximum absolute atomic E-state index is 12.7. The molecule has 6 heteroatoms. The van der Waals surface area contributed by atoms with Crippen LogP contribution in [-0.2, 0) is 16.4 Å². The topological polar surface area (TPSA) is 55.4 Å². The Balaban J connectivity index is 1.81. The number of ether oxygens (including phenoxy) is 1. The van der Waals surface area contributed by atoms with E-state index in [0.717, 1.165) is 5.56 Å². The molecule has 0 spiro atoms. The van der Waals surface area contributed by atoms with Gasteiger partial charge in [0.25, 0.3) is 0 Å². The Kier molecular flexibility index (Phi) is 6.73. The van der Waals surface area contributed by atoms with Gasteiger partial charge in [0.15, 0.2) is 0 Å². The summed E-state index contributed by atoms with van der Waals surface area (Å²) in [5, 5.41) is 0.655. The Hall–Kier alpha value is -2.34. The Labute approximate surface area is 171 Å². The van der Waals surface area contributed by atoms with Crippen molar-refractivity contribution < 1.29 is 13.2 Å². The molecule has 3 rings (SSSR count). The molecule has 0 aromatic heterocycles. The minimum atomic E-state index is -3.65. The fourth-order valence-electron chi connectivity index (χ4n) is 2.84. The van der Waals surface area contributed by atoms with Crippen LogP contribution in [0.5, 0.6) is 5.75 Å². The Morgan fingerprint density at radius 2 is 1.46 bits per heavy atom. The normalized spacial score (nSPS) is 13.6. The lowest BCUT2D eigenvalue weighted by Gasteiger charge is -2.26. The number of sulfonamides is 1. The number of rotatable bonds is 8. The van der Waals surface area contributed by atoms with Gasteiger partial charge in [-0.15, -0.1) is 0 Å². The molecule has 4 nitrogen and oxygen atoms in total. The summed E-state index contributed by atoms with van der Waals surface area (Å²) in [7, 11) is -3.65. The smallest absolute Gasteiger partial charge is 0.240 e. The van der Waals surface area contributed by atoms with Gasteiger partial charge >= 0.3 is 0 Å². The monoisotopic (exact) mass is 415 g/mol. The molecule has 0 saturated carbocycles. The fourth-order valence-corrected chi connectivity index (χ4v) is 4.25. The second kappa shape index (κ2) is 9.24. The Morgan fingerprint density at radius 3 is 2.07 bits per heavy atom. The molecular weight excluding hydrogens is 394 g/mol. The lowest BCUT2D eigenvalue weighted by Crippen LogP contribution is -2.45. The van der Waals surface area contributed by atoms with Crippen LogP contribution in [0, 0.1) is 0 Å². The summed E-state index contributed by atoms with van der Waals surface area (Å²) in [6, 6.07) is 24.7. The molecule has 0 radical (unpaired) electrons. The first kappa shape index (κ1) is 20.4. The molecule has 0 bridgehead atoms. The second-order valence-corrected chi connectivity index (χ2v) is 8.67. The number of para-hydroxylation sites is 1. The molecule has 0 amide bonds. The molecule has 0 fully saturated rings. The van der Waals surface area contributed by atoms with Crippen LogP contribution in [0.25, 0.3) is 0 Å². The van der Waals surface area contributed by atoms with Crippen LogP contribution in [0.3, 0.4) is 0 Å². The van der Waals surface area contributed by atoms with Crippen molar-refractivity contribution in [2.75, 3.05) is 0 Å². The highest BCUT2D eigenvalue weighted by molar-refractivity contribution is 7.89. The largest absolute Gasteiger partial charge is 0.488 e. The van der Waals surface area contributed by atoms with Crippen LogP contribution in [-0.4, -0.2) is 20.6 Å². The predicted octanol–water partition coefficient (Wildman–Crippen LogP) is 4.70. The summed E-state index contributed by atoms with van der Waals surface area (Å²) < 4.78 is 34.3. The van der Waals surface area contributed by atoms with Gasteiger partial charge in [0.2, 0.25) is 10.0 Å². The molecule has 0 aliphatic heterocycles. The van der Waals surface area contributed by atoms with Gasteiger partial charge in [-0.05, 0) is 48.9 Å². The highest BCUT2D eigenvalue weighted by Gasteiger charge is 2.25. The highest BCUT2D eigenvalue weighted by atomic mass is 35.5. The highest BCUT2D eigenvalue weighted by Crippen LogP contribution is 2.19. The van der Waals surface area contributed by atoms with Crippen molar-refractivity contribution >= 4 is 21.6 Å². The molecule has 0 aliphatic rings. The van der Waals surface area contributed by atoms with Crippen molar-refractivity contribution in [2.45, 2.75) is 30.4 Å². The van der Waals surface area contributed by atoms with E-state index >= 15 is 0 Å². The van der Waals surface area contributed by atoms with Gasteiger partial charge in [-0.1, -0.05) is 60.1 Å². The van der Waals surface area contributed by atoms with Gasteiger partial charge in [-0.25, -0.2) is 13.1 Å². The number of hydrogen-bond donors (Lipinski definition) is 1. The first-order valence-corrected chi connectivity index (χ1v) is 10.8. The van der Waals surface area contributed by atoms with Crippen molar-refractivity contribution in [3.8, 4) is 5.75 Å². The van der Waals surface area contributed by atoms with Crippen LogP contribution in [0.1, 0.15) is 12.5 Å². The molecule has 0 saturated heterocycles. The van der Waals surface area contributed by atoms with E-state index in [1.807, 2.05) is 61.5 Å². The average Bonchev–Trinajstić information content (AvgIpc) is 2.70. The zero-order chi connectivity index (χ0) is 20.0. The quantitative estimate of drug-likeness (QED) is 0.580. The summed E-state index contributed by atoms with van der Waals surface area (Å²) in [4.78, 5) is 0.229. The molecule has 2 unspecified atom stereocenters. The van der Waals surface area contributed by atoms with Crippen molar-refractivity contribution in [1.82, 2.24) is 4.72 Å². The van der Waals surface area contributed by atoms with Crippen LogP contribution in [0.15, 0.2) is 89.8 Å². The van der Waals surface area contributed by atoms with Crippen LogP contribution >= 0.6 is 11.6 Å². The first-order chi connectivity index (χ1) is 13.4. The third-order valence-corrected chi connectivity index (χ3v) is 6.16. The maximum Gasteiger partial charge on any atom is 0.240 e.